The molecule has 0 radical (unpaired) electrons. The van der Waals surface area contributed by atoms with Crippen LogP contribution in [0.5, 0.6) is 11.5 Å². The van der Waals surface area contributed by atoms with E-state index in [4.69, 9.17) is 15.2 Å². The van der Waals surface area contributed by atoms with Gasteiger partial charge in [-0.25, -0.2) is 0 Å². The lowest BCUT2D eigenvalue weighted by Gasteiger charge is -2.12. The number of allylic oxidation sites excluding steroid dienone is 1. The minimum Gasteiger partial charge on any atom is -0.493 e. The number of rotatable bonds is 8. The van der Waals surface area contributed by atoms with Crippen molar-refractivity contribution < 1.29 is 9.47 Å². The fourth-order valence-electron chi connectivity index (χ4n) is 2.36. The molecule has 0 unspecified atom stereocenters. The maximum Gasteiger partial charge on any atom is 0.180 e. The van der Waals surface area contributed by atoms with Crippen LogP contribution in [0.3, 0.4) is 0 Å². The van der Waals surface area contributed by atoms with E-state index in [0.29, 0.717) is 23.1 Å². The van der Waals surface area contributed by atoms with Gasteiger partial charge in [0, 0.05) is 11.3 Å². The SMILES string of the molecule is C=CCc1cc(C=NN=C(N)SCc2ccccc2)cc(OC)c1OC. The average Bonchev–Trinajstić information content (AvgIpc) is 2.67. The third kappa shape index (κ3) is 5.67. The van der Waals surface area contributed by atoms with E-state index in [9.17, 15) is 0 Å². The summed E-state index contributed by atoms with van der Waals surface area (Å²) in [6.07, 6.45) is 4.12. The molecule has 0 saturated heterocycles. The minimum atomic E-state index is 0.414. The summed E-state index contributed by atoms with van der Waals surface area (Å²) in [5.74, 6) is 2.10. The molecule has 2 aromatic carbocycles. The summed E-state index contributed by atoms with van der Waals surface area (Å²) >= 11 is 1.45. The van der Waals surface area contributed by atoms with Crippen molar-refractivity contribution in [1.82, 2.24) is 0 Å². The van der Waals surface area contributed by atoms with Crippen molar-refractivity contribution >= 4 is 23.1 Å². The van der Waals surface area contributed by atoms with Gasteiger partial charge in [-0.15, -0.1) is 11.7 Å². The molecule has 0 aliphatic heterocycles. The minimum absolute atomic E-state index is 0.414. The van der Waals surface area contributed by atoms with E-state index >= 15 is 0 Å². The summed E-state index contributed by atoms with van der Waals surface area (Å²) in [6, 6.07) is 13.9. The number of ether oxygens (including phenoxy) is 2. The smallest absolute Gasteiger partial charge is 0.180 e. The number of methoxy groups -OCH3 is 2. The van der Waals surface area contributed by atoms with E-state index in [1.807, 2.05) is 48.5 Å². The van der Waals surface area contributed by atoms with Crippen molar-refractivity contribution in [3.05, 3.63) is 71.8 Å². The van der Waals surface area contributed by atoms with Crippen molar-refractivity contribution in [1.29, 1.82) is 0 Å². The Morgan fingerprint density at radius 3 is 2.62 bits per heavy atom. The van der Waals surface area contributed by atoms with Crippen LogP contribution >= 0.6 is 11.8 Å². The molecule has 0 fully saturated rings. The first kappa shape index (κ1) is 19.6. The van der Waals surface area contributed by atoms with Gasteiger partial charge < -0.3 is 15.2 Å². The number of thioether (sulfide) groups is 1. The Morgan fingerprint density at radius 1 is 1.19 bits per heavy atom. The summed E-state index contributed by atoms with van der Waals surface area (Å²) in [5.41, 5.74) is 8.92. The number of hydrogen-bond donors (Lipinski definition) is 1. The van der Waals surface area contributed by atoms with Gasteiger partial charge in [-0.05, 0) is 29.7 Å². The zero-order valence-corrected chi connectivity index (χ0v) is 15.8. The van der Waals surface area contributed by atoms with E-state index in [1.165, 1.54) is 17.3 Å². The van der Waals surface area contributed by atoms with Crippen LogP contribution in [-0.4, -0.2) is 25.6 Å². The molecule has 6 heteroatoms. The largest absolute Gasteiger partial charge is 0.493 e. The molecule has 0 atom stereocenters. The monoisotopic (exact) mass is 369 g/mol. The van der Waals surface area contributed by atoms with Crippen molar-refractivity contribution in [2.24, 2.45) is 15.9 Å². The molecule has 2 rings (SSSR count). The van der Waals surface area contributed by atoms with Gasteiger partial charge in [-0.2, -0.15) is 5.10 Å². The molecular weight excluding hydrogens is 346 g/mol. The molecule has 0 spiro atoms. The Morgan fingerprint density at radius 2 is 1.96 bits per heavy atom. The molecule has 0 aromatic heterocycles. The number of hydrogen-bond acceptors (Lipinski definition) is 5. The first-order valence-corrected chi connectivity index (χ1v) is 9.05. The molecule has 26 heavy (non-hydrogen) atoms. The number of benzene rings is 2. The summed E-state index contributed by atoms with van der Waals surface area (Å²) in [4.78, 5) is 0. The maximum atomic E-state index is 5.91. The third-order valence-electron chi connectivity index (χ3n) is 3.54. The highest BCUT2D eigenvalue weighted by atomic mass is 32.2. The predicted octanol–water partition coefficient (Wildman–Crippen LogP) is 4.01. The molecule has 0 aliphatic rings. The van der Waals surface area contributed by atoms with Crippen LogP contribution in [0.1, 0.15) is 16.7 Å². The van der Waals surface area contributed by atoms with Gasteiger partial charge >= 0.3 is 0 Å². The third-order valence-corrected chi connectivity index (χ3v) is 4.39. The van der Waals surface area contributed by atoms with Crippen molar-refractivity contribution in [2.75, 3.05) is 14.2 Å². The molecule has 136 valence electrons. The van der Waals surface area contributed by atoms with Crippen LogP contribution in [0, 0.1) is 0 Å². The molecule has 0 amide bonds. The lowest BCUT2D eigenvalue weighted by Crippen LogP contribution is -2.06. The highest BCUT2D eigenvalue weighted by molar-refractivity contribution is 8.13. The molecule has 5 nitrogen and oxygen atoms in total. The molecule has 0 bridgehead atoms. The van der Waals surface area contributed by atoms with Gasteiger partial charge in [0.25, 0.3) is 0 Å². The maximum absolute atomic E-state index is 5.91. The normalized spacial score (nSPS) is 11.5. The summed E-state index contributed by atoms with van der Waals surface area (Å²) in [6.45, 7) is 3.78. The van der Waals surface area contributed by atoms with Crippen LogP contribution in [-0.2, 0) is 12.2 Å². The van der Waals surface area contributed by atoms with Crippen LogP contribution in [0.25, 0.3) is 0 Å². The molecule has 0 saturated carbocycles. The second-order valence-corrected chi connectivity index (χ2v) is 6.36. The second-order valence-electron chi connectivity index (χ2n) is 5.37. The van der Waals surface area contributed by atoms with Gasteiger partial charge in [0.1, 0.15) is 0 Å². The Bertz CT molecular complexity index is 789. The summed E-state index contributed by atoms with van der Waals surface area (Å²) in [7, 11) is 3.22. The van der Waals surface area contributed by atoms with Crippen molar-refractivity contribution in [3.8, 4) is 11.5 Å². The Hall–Kier alpha value is -2.73. The quantitative estimate of drug-likeness (QED) is 0.330. The van der Waals surface area contributed by atoms with Gasteiger partial charge in [0.05, 0.1) is 20.4 Å². The number of nitrogens with zero attached hydrogens (tertiary/aromatic N) is 2. The van der Waals surface area contributed by atoms with Gasteiger partial charge in [0.15, 0.2) is 16.7 Å². The summed E-state index contributed by atoms with van der Waals surface area (Å²) < 4.78 is 10.8. The zero-order valence-electron chi connectivity index (χ0n) is 15.0. The number of nitrogens with two attached hydrogens (primary N) is 1. The van der Waals surface area contributed by atoms with Crippen LogP contribution in [0.4, 0.5) is 0 Å². The highest BCUT2D eigenvalue weighted by Crippen LogP contribution is 2.32. The zero-order chi connectivity index (χ0) is 18.8. The standard InChI is InChI=1S/C20H23N3O2S/c1-4-8-17-11-16(12-18(24-2)19(17)25-3)13-22-23-20(21)26-14-15-9-6-5-7-10-15/h4-7,9-13H,1,8,14H2,2-3H3,(H2,21,23). The summed E-state index contributed by atoms with van der Waals surface area (Å²) in [5, 5.41) is 8.54. The Kier molecular flexibility index (Phi) is 7.76. The van der Waals surface area contributed by atoms with E-state index < -0.39 is 0 Å². The van der Waals surface area contributed by atoms with Crippen LogP contribution < -0.4 is 15.2 Å². The van der Waals surface area contributed by atoms with Gasteiger partial charge in [0.2, 0.25) is 0 Å². The van der Waals surface area contributed by atoms with Crippen LogP contribution in [0.2, 0.25) is 0 Å². The first-order valence-electron chi connectivity index (χ1n) is 8.07. The van der Waals surface area contributed by atoms with Crippen LogP contribution in [0.15, 0.2) is 65.3 Å². The van der Waals surface area contributed by atoms with E-state index in [0.717, 1.165) is 16.9 Å². The Labute approximate surface area is 158 Å². The Balaban J connectivity index is 2.08. The topological polar surface area (TPSA) is 69.2 Å². The fraction of sp³-hybridized carbons (Fsp3) is 0.200. The average molecular weight is 369 g/mol. The lowest BCUT2D eigenvalue weighted by molar-refractivity contribution is 0.352. The molecule has 0 heterocycles. The van der Waals surface area contributed by atoms with E-state index in [1.54, 1.807) is 20.4 Å². The van der Waals surface area contributed by atoms with E-state index in [-0.39, 0.29) is 0 Å². The lowest BCUT2D eigenvalue weighted by atomic mass is 10.1. The molecule has 2 N–H and O–H groups in total. The molecule has 2 aromatic rings. The van der Waals surface area contributed by atoms with Crippen molar-refractivity contribution in [2.45, 2.75) is 12.2 Å². The molecular formula is C20H23N3O2S. The predicted molar refractivity (Wildman–Crippen MR) is 110 cm³/mol. The van der Waals surface area contributed by atoms with Gasteiger partial charge in [-0.3, -0.25) is 0 Å². The fourth-order valence-corrected chi connectivity index (χ4v) is 2.97. The van der Waals surface area contributed by atoms with E-state index in [2.05, 4.69) is 16.8 Å². The molecule has 0 aliphatic carbocycles. The van der Waals surface area contributed by atoms with Crippen molar-refractivity contribution in [3.63, 3.8) is 0 Å². The van der Waals surface area contributed by atoms with Gasteiger partial charge in [-0.1, -0.05) is 48.2 Å². The highest BCUT2D eigenvalue weighted by Gasteiger charge is 2.10. The first-order chi connectivity index (χ1) is 12.7. The number of amidine groups is 1. The second kappa shape index (κ2) is 10.3.